The van der Waals surface area contributed by atoms with Crippen LogP contribution in [0.5, 0.6) is 5.75 Å². The molecule has 0 aliphatic carbocycles. The summed E-state index contributed by atoms with van der Waals surface area (Å²) in [5.41, 5.74) is 1.18. The molecule has 1 aromatic carbocycles. The smallest absolute Gasteiger partial charge is 0.295 e. The van der Waals surface area contributed by atoms with Gasteiger partial charge < -0.3 is 19.3 Å². The number of likely N-dealkylation sites (tertiary alicyclic amines) is 1. The van der Waals surface area contributed by atoms with Crippen LogP contribution in [0.1, 0.15) is 30.6 Å². The van der Waals surface area contributed by atoms with E-state index in [0.717, 1.165) is 0 Å². The van der Waals surface area contributed by atoms with Gasteiger partial charge in [0.05, 0.1) is 18.5 Å². The first-order chi connectivity index (χ1) is 15.6. The number of benzene rings is 1. The van der Waals surface area contributed by atoms with Gasteiger partial charge in [-0.2, -0.15) is 0 Å². The molecule has 0 radical (unpaired) electrons. The maximum atomic E-state index is 13.0. The Labute approximate surface area is 185 Å². The molecule has 1 unspecified atom stereocenters. The fraction of sp³-hybridized carbons (Fsp3) is 0.250. The summed E-state index contributed by atoms with van der Waals surface area (Å²) in [7, 11) is 0. The van der Waals surface area contributed by atoms with Crippen molar-refractivity contribution in [2.75, 3.05) is 13.2 Å². The van der Waals surface area contributed by atoms with E-state index in [9.17, 15) is 14.7 Å². The number of H-pyrrole nitrogens is 1. The van der Waals surface area contributed by atoms with Gasteiger partial charge in [0.2, 0.25) is 5.69 Å². The van der Waals surface area contributed by atoms with E-state index in [1.54, 1.807) is 43.0 Å². The summed E-state index contributed by atoms with van der Waals surface area (Å²) < 4.78 is 7.37. The van der Waals surface area contributed by atoms with Crippen molar-refractivity contribution in [2.45, 2.75) is 25.9 Å². The Hall–Kier alpha value is -3.94. The molecule has 1 aliphatic rings. The van der Waals surface area contributed by atoms with Gasteiger partial charge in [-0.25, -0.2) is 9.97 Å². The number of Topliss-reactive ketones (excluding diaryl/α,β-unsaturated/α-hetero) is 1. The largest absolute Gasteiger partial charge is 0.507 e. The summed E-state index contributed by atoms with van der Waals surface area (Å²) in [6, 6.07) is 11.6. The van der Waals surface area contributed by atoms with Crippen molar-refractivity contribution in [2.24, 2.45) is 0 Å². The van der Waals surface area contributed by atoms with Crippen molar-refractivity contribution in [1.82, 2.24) is 14.5 Å². The number of imidazole rings is 1. The van der Waals surface area contributed by atoms with Gasteiger partial charge in [0.25, 0.3) is 11.7 Å². The van der Waals surface area contributed by atoms with E-state index >= 15 is 0 Å². The van der Waals surface area contributed by atoms with Crippen molar-refractivity contribution in [3.8, 4) is 5.75 Å². The highest BCUT2D eigenvalue weighted by molar-refractivity contribution is 6.46. The van der Waals surface area contributed by atoms with Crippen LogP contribution in [-0.4, -0.2) is 44.4 Å². The van der Waals surface area contributed by atoms with Crippen LogP contribution >= 0.6 is 0 Å². The molecule has 0 saturated carbocycles. The molecule has 3 heterocycles. The summed E-state index contributed by atoms with van der Waals surface area (Å²) in [6.07, 6.45) is 7.63. The second kappa shape index (κ2) is 9.47. The van der Waals surface area contributed by atoms with E-state index in [1.807, 2.05) is 35.9 Å². The zero-order valence-corrected chi connectivity index (χ0v) is 17.8. The normalized spacial score (nSPS) is 17.7. The van der Waals surface area contributed by atoms with Gasteiger partial charge in [-0.1, -0.05) is 6.07 Å². The standard InChI is InChI=1S/C24H24N4O4/c1-2-32-18-9-7-17(8-10-18)22(29)20-21(19-6-3-4-11-26-19)28(24(31)23(20)30)14-5-13-27-15-12-25-16-27/h3-4,6-12,15-16,21,29H,2,5,13-14H2,1H3/p+1. The lowest BCUT2D eigenvalue weighted by atomic mass is 9.98. The van der Waals surface area contributed by atoms with Gasteiger partial charge in [-0.05, 0) is 37.6 Å². The van der Waals surface area contributed by atoms with Crippen molar-refractivity contribution >= 4 is 17.4 Å². The number of carbonyl (C=O) groups excluding carboxylic acids is 2. The highest BCUT2D eigenvalue weighted by atomic mass is 16.5. The number of hydrogen-bond donors (Lipinski definition) is 1. The highest BCUT2D eigenvalue weighted by Crippen LogP contribution is 2.38. The van der Waals surface area contributed by atoms with Gasteiger partial charge in [0.15, 0.2) is 6.20 Å². The summed E-state index contributed by atoms with van der Waals surface area (Å²) >= 11 is 0. The molecule has 32 heavy (non-hydrogen) atoms. The van der Waals surface area contributed by atoms with E-state index < -0.39 is 17.7 Å². The van der Waals surface area contributed by atoms with Crippen LogP contribution in [0.4, 0.5) is 0 Å². The number of aromatic nitrogens is 3. The number of hydrogen-bond acceptors (Lipinski definition) is 5. The Balaban J connectivity index is 1.68. The Morgan fingerprint density at radius 3 is 2.62 bits per heavy atom. The Morgan fingerprint density at radius 1 is 1.16 bits per heavy atom. The summed E-state index contributed by atoms with van der Waals surface area (Å²) in [5, 5.41) is 11.1. The van der Waals surface area contributed by atoms with E-state index in [-0.39, 0.29) is 11.3 Å². The number of aliphatic hydroxyl groups excluding tert-OH is 1. The molecule has 1 amide bonds. The first-order valence-corrected chi connectivity index (χ1v) is 10.5. The molecule has 3 aromatic rings. The van der Waals surface area contributed by atoms with Crippen molar-refractivity contribution in [3.63, 3.8) is 0 Å². The van der Waals surface area contributed by atoms with Gasteiger partial charge in [-0.15, -0.1) is 0 Å². The molecule has 8 heteroatoms. The molecule has 1 atom stereocenters. The molecule has 4 rings (SSSR count). The second-order valence-corrected chi connectivity index (χ2v) is 7.42. The summed E-state index contributed by atoms with van der Waals surface area (Å²) in [5.74, 6) is -0.852. The minimum Gasteiger partial charge on any atom is -0.507 e. The van der Waals surface area contributed by atoms with Gasteiger partial charge in [0, 0.05) is 43.2 Å². The van der Waals surface area contributed by atoms with Gasteiger partial charge >= 0.3 is 0 Å². The second-order valence-electron chi connectivity index (χ2n) is 7.42. The lowest BCUT2D eigenvalue weighted by Crippen LogP contribution is -2.33. The van der Waals surface area contributed by atoms with Crippen LogP contribution in [0, 0.1) is 0 Å². The number of ether oxygens (including phenoxy) is 1. The number of aryl methyl sites for hydroxylation is 1. The lowest BCUT2D eigenvalue weighted by Gasteiger charge is -2.22. The average Bonchev–Trinajstić information content (AvgIpc) is 3.42. The number of amides is 1. The third kappa shape index (κ3) is 4.25. The number of carbonyl (C=O) groups is 2. The molecule has 0 bridgehead atoms. The highest BCUT2D eigenvalue weighted by Gasteiger charge is 2.48. The SMILES string of the molecule is CCOc1ccc(C(O)=C2C(=O)C(=O)N(CCCn3ccnc3)C2c2cccc[nH+]2)cc1. The topological polar surface area (TPSA) is 98.8 Å². The van der Waals surface area contributed by atoms with Crippen LogP contribution in [-0.2, 0) is 16.1 Å². The van der Waals surface area contributed by atoms with Crippen LogP contribution in [0.15, 0.2) is 73.0 Å². The Morgan fingerprint density at radius 2 is 1.97 bits per heavy atom. The molecule has 2 aromatic heterocycles. The lowest BCUT2D eigenvalue weighted by molar-refractivity contribution is -0.394. The number of aromatic amines is 1. The molecular formula is C24H25N4O4+. The fourth-order valence-corrected chi connectivity index (χ4v) is 3.89. The summed E-state index contributed by atoms with van der Waals surface area (Å²) in [4.78, 5) is 34.6. The first kappa shape index (κ1) is 21.3. The van der Waals surface area contributed by atoms with Crippen LogP contribution < -0.4 is 9.72 Å². The predicted molar refractivity (Wildman–Crippen MR) is 116 cm³/mol. The third-order valence-electron chi connectivity index (χ3n) is 5.38. The zero-order chi connectivity index (χ0) is 22.5. The summed E-state index contributed by atoms with van der Waals surface area (Å²) in [6.45, 7) is 3.43. The van der Waals surface area contributed by atoms with Gasteiger partial charge in [-0.3, -0.25) is 9.59 Å². The number of rotatable bonds is 8. The molecule has 164 valence electrons. The Kier molecular flexibility index (Phi) is 6.30. The number of nitrogens with zero attached hydrogens (tertiary/aromatic N) is 3. The number of ketones is 1. The number of aliphatic hydroxyl groups is 1. The molecule has 8 nitrogen and oxygen atoms in total. The van der Waals surface area contributed by atoms with Crippen molar-refractivity contribution < 1.29 is 24.4 Å². The minimum atomic E-state index is -0.703. The average molecular weight is 433 g/mol. The zero-order valence-electron chi connectivity index (χ0n) is 17.8. The molecular weight excluding hydrogens is 408 g/mol. The van der Waals surface area contributed by atoms with Crippen molar-refractivity contribution in [1.29, 1.82) is 0 Å². The predicted octanol–water partition coefficient (Wildman–Crippen LogP) is 2.61. The molecule has 2 N–H and O–H groups in total. The molecule has 1 fully saturated rings. The molecule has 1 saturated heterocycles. The molecule has 0 spiro atoms. The van der Waals surface area contributed by atoms with E-state index in [4.69, 9.17) is 4.74 Å². The monoisotopic (exact) mass is 433 g/mol. The third-order valence-corrected chi connectivity index (χ3v) is 5.38. The maximum Gasteiger partial charge on any atom is 0.295 e. The van der Waals surface area contributed by atoms with Gasteiger partial charge in [0.1, 0.15) is 17.6 Å². The number of pyridine rings is 1. The Bertz CT molecular complexity index is 1110. The van der Waals surface area contributed by atoms with E-state index in [1.165, 1.54) is 4.90 Å². The minimum absolute atomic E-state index is 0.0734. The van der Waals surface area contributed by atoms with E-state index in [2.05, 4.69) is 9.97 Å². The van der Waals surface area contributed by atoms with Crippen LogP contribution in [0.3, 0.4) is 0 Å². The van der Waals surface area contributed by atoms with Crippen molar-refractivity contribution in [3.05, 3.63) is 84.2 Å². The van der Waals surface area contributed by atoms with Crippen LogP contribution in [0.2, 0.25) is 0 Å². The van der Waals surface area contributed by atoms with E-state index in [0.29, 0.717) is 43.1 Å². The van der Waals surface area contributed by atoms with Crippen LogP contribution in [0.25, 0.3) is 5.76 Å². The number of nitrogens with one attached hydrogen (secondary N) is 1. The quantitative estimate of drug-likeness (QED) is 0.334. The maximum absolute atomic E-state index is 13.0. The first-order valence-electron chi connectivity index (χ1n) is 10.5. The molecule has 1 aliphatic heterocycles. The fourth-order valence-electron chi connectivity index (χ4n) is 3.89.